The third kappa shape index (κ3) is 6.04. The van der Waals surface area contributed by atoms with Crippen LogP contribution in [0.2, 0.25) is 0 Å². The Kier molecular flexibility index (Phi) is 11.1. The number of rotatable bonds is 8. The molecular formula is C12H21NaO12. The van der Waals surface area contributed by atoms with Gasteiger partial charge in [0.25, 0.3) is 0 Å². The van der Waals surface area contributed by atoms with Gasteiger partial charge < -0.3 is 60.2 Å². The number of carbonyl (C=O) groups is 1. The molecule has 1 fully saturated rings. The van der Waals surface area contributed by atoms with Crippen LogP contribution in [0.25, 0.3) is 0 Å². The van der Waals surface area contributed by atoms with Crippen molar-refractivity contribution in [1.29, 1.82) is 0 Å². The number of hydrogen-bond acceptors (Lipinski definition) is 12. The molecule has 0 aromatic carbocycles. The minimum absolute atomic E-state index is 0. The molecule has 0 bridgehead atoms. The van der Waals surface area contributed by atoms with Crippen molar-refractivity contribution in [3.63, 3.8) is 0 Å². The van der Waals surface area contributed by atoms with Gasteiger partial charge in [-0.25, -0.2) is 0 Å². The zero-order chi connectivity index (χ0) is 18.6. The fourth-order valence-corrected chi connectivity index (χ4v) is 2.16. The van der Waals surface area contributed by atoms with E-state index < -0.39 is 74.3 Å². The van der Waals surface area contributed by atoms with Crippen molar-refractivity contribution in [1.82, 2.24) is 0 Å². The Morgan fingerprint density at radius 2 is 1.64 bits per heavy atom. The molecule has 8 N–H and O–H groups in total. The standard InChI is InChI=1S/C12H22O12.Na/c13-1-3(15)10(7(18)8(19)11(21)22)24-12-9(20)6(17)5(16)4(2-14)23-12;/h3-10,12-20H,1-2H2,(H,21,22);/q;+1/p-1/t3-,4-,5+,6+,7-,8-,9-,10+,12+;/m1./s1. The molecule has 1 rings (SSSR count). The fourth-order valence-electron chi connectivity index (χ4n) is 2.16. The largest absolute Gasteiger partial charge is 1.00 e. The van der Waals surface area contributed by atoms with Gasteiger partial charge in [0.05, 0.1) is 19.2 Å². The van der Waals surface area contributed by atoms with E-state index in [-0.39, 0.29) is 29.6 Å². The van der Waals surface area contributed by atoms with Gasteiger partial charge in [0.2, 0.25) is 0 Å². The van der Waals surface area contributed by atoms with Gasteiger partial charge in [0, 0.05) is 0 Å². The summed E-state index contributed by atoms with van der Waals surface area (Å²) in [5, 5.41) is 86.3. The summed E-state index contributed by atoms with van der Waals surface area (Å²) in [6.07, 6.45) is -17.3. The molecule has 1 aliphatic heterocycles. The molecule has 0 aliphatic carbocycles. The summed E-state index contributed by atoms with van der Waals surface area (Å²) in [7, 11) is 0. The predicted molar refractivity (Wildman–Crippen MR) is 68.8 cm³/mol. The first-order valence-electron chi connectivity index (χ1n) is 6.97. The van der Waals surface area contributed by atoms with Gasteiger partial charge in [-0.3, -0.25) is 0 Å². The van der Waals surface area contributed by atoms with E-state index >= 15 is 0 Å². The first-order chi connectivity index (χ1) is 11.1. The molecular weight excluding hydrogens is 359 g/mol. The number of carbonyl (C=O) groups excluding carboxylic acids is 1. The average molecular weight is 380 g/mol. The molecule has 13 heteroatoms. The first-order valence-corrected chi connectivity index (χ1v) is 6.97. The molecule has 1 heterocycles. The third-order valence-corrected chi connectivity index (χ3v) is 3.61. The Hall–Kier alpha value is 0.0700. The van der Waals surface area contributed by atoms with E-state index in [1.165, 1.54) is 0 Å². The SMILES string of the molecule is O=C([O-])[C@H](O)[C@@H](O)[C@@H](O[C@@H]1O[C@H](CO)[C@H](O)[C@H](O)[C@H]1O)[C@H](O)CO.[Na+]. The number of carboxylic acid groups (broad SMARTS) is 1. The molecule has 142 valence electrons. The van der Waals surface area contributed by atoms with Crippen LogP contribution in [0, 0.1) is 0 Å². The van der Waals surface area contributed by atoms with E-state index in [4.69, 9.17) is 19.7 Å². The van der Waals surface area contributed by atoms with Gasteiger partial charge in [-0.05, 0) is 0 Å². The van der Waals surface area contributed by atoms with Gasteiger partial charge in [-0.15, -0.1) is 0 Å². The Morgan fingerprint density at radius 3 is 2.08 bits per heavy atom. The van der Waals surface area contributed by atoms with Crippen molar-refractivity contribution in [2.75, 3.05) is 13.2 Å². The van der Waals surface area contributed by atoms with E-state index in [2.05, 4.69) is 0 Å². The molecule has 0 spiro atoms. The van der Waals surface area contributed by atoms with Crippen LogP contribution in [0.15, 0.2) is 0 Å². The maximum absolute atomic E-state index is 10.6. The van der Waals surface area contributed by atoms with Crippen molar-refractivity contribution in [3.05, 3.63) is 0 Å². The summed E-state index contributed by atoms with van der Waals surface area (Å²) in [6.45, 7) is -1.79. The molecule has 0 aromatic rings. The minimum atomic E-state index is -2.50. The Labute approximate surface area is 164 Å². The molecule has 0 amide bonds. The molecule has 0 radical (unpaired) electrons. The van der Waals surface area contributed by atoms with Crippen molar-refractivity contribution in [2.45, 2.75) is 55.1 Å². The maximum atomic E-state index is 10.6. The number of hydrogen-bond donors (Lipinski definition) is 8. The first kappa shape index (κ1) is 25.1. The van der Waals surface area contributed by atoms with Crippen LogP contribution in [0.1, 0.15) is 0 Å². The van der Waals surface area contributed by atoms with E-state index in [1.54, 1.807) is 0 Å². The molecule has 1 saturated heterocycles. The summed E-state index contributed by atoms with van der Waals surface area (Å²) >= 11 is 0. The molecule has 1 aliphatic rings. The van der Waals surface area contributed by atoms with Gasteiger partial charge >= 0.3 is 29.6 Å². The van der Waals surface area contributed by atoms with Crippen LogP contribution in [0.3, 0.4) is 0 Å². The van der Waals surface area contributed by atoms with Crippen LogP contribution < -0.4 is 34.7 Å². The topological polar surface area (TPSA) is 220 Å². The third-order valence-electron chi connectivity index (χ3n) is 3.61. The van der Waals surface area contributed by atoms with Crippen LogP contribution in [0.5, 0.6) is 0 Å². The van der Waals surface area contributed by atoms with E-state index in [0.29, 0.717) is 0 Å². The minimum Gasteiger partial charge on any atom is -0.547 e. The van der Waals surface area contributed by atoms with E-state index in [1.807, 2.05) is 0 Å². The second-order valence-corrected chi connectivity index (χ2v) is 5.30. The molecule has 0 saturated carbocycles. The number of ether oxygens (including phenoxy) is 2. The quantitative estimate of drug-likeness (QED) is 0.184. The monoisotopic (exact) mass is 380 g/mol. The fraction of sp³-hybridized carbons (Fsp3) is 0.917. The maximum Gasteiger partial charge on any atom is 1.00 e. The van der Waals surface area contributed by atoms with Gasteiger partial charge in [-0.2, -0.15) is 0 Å². The molecule has 12 nitrogen and oxygen atoms in total. The summed E-state index contributed by atoms with van der Waals surface area (Å²) in [5.41, 5.74) is 0. The Bertz CT molecular complexity index is 410. The van der Waals surface area contributed by atoms with E-state index in [9.17, 15) is 40.5 Å². The van der Waals surface area contributed by atoms with Crippen molar-refractivity contribution < 1.29 is 89.8 Å². The zero-order valence-electron chi connectivity index (χ0n) is 13.3. The van der Waals surface area contributed by atoms with Gasteiger partial charge in [0.15, 0.2) is 6.29 Å². The number of aliphatic hydroxyl groups is 8. The van der Waals surface area contributed by atoms with Crippen LogP contribution in [-0.2, 0) is 14.3 Å². The average Bonchev–Trinajstić information content (AvgIpc) is 2.57. The number of aliphatic hydroxyl groups excluding tert-OH is 8. The Morgan fingerprint density at radius 1 is 1.08 bits per heavy atom. The van der Waals surface area contributed by atoms with Crippen LogP contribution >= 0.6 is 0 Å². The molecule has 9 atom stereocenters. The molecule has 0 unspecified atom stereocenters. The van der Waals surface area contributed by atoms with Gasteiger partial charge in [-0.1, -0.05) is 0 Å². The number of aliphatic carboxylic acids is 1. The summed E-state index contributed by atoms with van der Waals surface area (Å²) < 4.78 is 9.94. The van der Waals surface area contributed by atoms with Crippen molar-refractivity contribution in [3.8, 4) is 0 Å². The second kappa shape index (κ2) is 11.0. The molecule has 0 aromatic heterocycles. The summed E-state index contributed by atoms with van der Waals surface area (Å²) in [5.74, 6) is -2.09. The number of carboxylic acids is 1. The van der Waals surface area contributed by atoms with Crippen LogP contribution in [0.4, 0.5) is 0 Å². The summed E-state index contributed by atoms with van der Waals surface area (Å²) in [4.78, 5) is 10.6. The Balaban J connectivity index is 0.00000576. The molecule has 25 heavy (non-hydrogen) atoms. The smallest absolute Gasteiger partial charge is 0.547 e. The summed E-state index contributed by atoms with van der Waals surface area (Å²) in [6, 6.07) is 0. The second-order valence-electron chi connectivity index (χ2n) is 5.30. The zero-order valence-corrected chi connectivity index (χ0v) is 15.3. The van der Waals surface area contributed by atoms with Crippen molar-refractivity contribution >= 4 is 5.97 Å². The normalized spacial score (nSPS) is 34.5. The van der Waals surface area contributed by atoms with Crippen LogP contribution in [-0.4, -0.2) is 115 Å². The van der Waals surface area contributed by atoms with Gasteiger partial charge in [0.1, 0.15) is 48.8 Å². The van der Waals surface area contributed by atoms with E-state index in [0.717, 1.165) is 0 Å². The van der Waals surface area contributed by atoms with Crippen molar-refractivity contribution in [2.24, 2.45) is 0 Å². The predicted octanol–water partition coefficient (Wildman–Crippen LogP) is -10.00.